The van der Waals surface area contributed by atoms with Crippen LogP contribution >= 0.6 is 0 Å². The zero-order valence-corrected chi connectivity index (χ0v) is 10.3. The van der Waals surface area contributed by atoms with Gasteiger partial charge in [0.25, 0.3) is 0 Å². The Morgan fingerprint density at radius 1 is 1.14 bits per heavy atom. The van der Waals surface area contributed by atoms with Crippen LogP contribution in [0.4, 0.5) is 5.95 Å². The van der Waals surface area contributed by atoms with Crippen molar-refractivity contribution < 1.29 is 41.0 Å². The Labute approximate surface area is 110 Å². The fraction of sp³-hybridized carbons (Fsp3) is 0. The Bertz CT molecular complexity index is 375. The molecule has 0 fully saturated rings. The van der Waals surface area contributed by atoms with Gasteiger partial charge in [-0.05, 0) is 5.56 Å². The molecule has 0 aliphatic heterocycles. The number of H-pyrrole nitrogens is 1. The molecule has 1 aromatic heterocycles. The third-order valence-electron chi connectivity index (χ3n) is 1.68. The second-order valence-electron chi connectivity index (χ2n) is 2.55. The van der Waals surface area contributed by atoms with Crippen LogP contribution in [0.1, 0.15) is 0 Å². The molecule has 0 aliphatic rings. The molecule has 0 atom stereocenters. The van der Waals surface area contributed by atoms with E-state index in [1.165, 1.54) is 0 Å². The van der Waals surface area contributed by atoms with Gasteiger partial charge in [-0.15, -0.1) is 0 Å². The first-order chi connectivity index (χ1) is 5.86. The molecule has 0 bridgehead atoms. The van der Waals surface area contributed by atoms with E-state index >= 15 is 0 Å². The van der Waals surface area contributed by atoms with Crippen molar-refractivity contribution in [2.24, 2.45) is 0 Å². The topological polar surface area (TPSA) is 54.7 Å². The molecule has 0 unspecified atom stereocenters. The van der Waals surface area contributed by atoms with Crippen LogP contribution in [-0.2, 0) is 17.1 Å². The van der Waals surface area contributed by atoms with Crippen molar-refractivity contribution in [3.8, 4) is 11.3 Å². The molecule has 3 N–H and O–H groups in total. The molecule has 78 valence electrons. The Kier molecular flexibility index (Phi) is 5.83. The number of nitrogens with one attached hydrogen (secondary N) is 1. The summed E-state index contributed by atoms with van der Waals surface area (Å²) in [5.41, 5.74) is 7.50. The summed E-state index contributed by atoms with van der Waals surface area (Å²) in [4.78, 5) is 6.87. The fourth-order valence-electron chi connectivity index (χ4n) is 1.10. The van der Waals surface area contributed by atoms with Gasteiger partial charge in [-0.3, -0.25) is 0 Å². The molecule has 0 saturated heterocycles. The number of nitrogens with zero attached hydrogens (tertiary/aromatic N) is 1. The van der Waals surface area contributed by atoms with Crippen LogP contribution in [0.25, 0.3) is 11.3 Å². The van der Waals surface area contributed by atoms with Gasteiger partial charge in [0.05, 0.1) is 11.9 Å². The monoisotopic (exact) mass is 349 g/mol. The normalized spacial score (nSPS) is 8.57. The van der Waals surface area contributed by atoms with E-state index < -0.39 is 0 Å². The first-order valence-corrected chi connectivity index (χ1v) is 3.72. The van der Waals surface area contributed by atoms with Crippen molar-refractivity contribution >= 4 is 5.95 Å². The van der Waals surface area contributed by atoms with E-state index in [2.05, 4.69) is 9.97 Å². The molecule has 5 heteroatoms. The van der Waals surface area contributed by atoms with E-state index in [0.717, 1.165) is 11.3 Å². The zero-order valence-electron chi connectivity index (χ0n) is 7.17. The van der Waals surface area contributed by atoms with Crippen LogP contribution < -0.4 is 29.7 Å². The first kappa shape index (κ1) is 13.5. The average Bonchev–Trinajstić information content (AvgIpc) is 2.54. The van der Waals surface area contributed by atoms with Gasteiger partial charge in [0.1, 0.15) is 0 Å². The number of imidazole rings is 1. The molecular formula is C9H9CuIN3. The van der Waals surface area contributed by atoms with E-state index in [4.69, 9.17) is 5.73 Å². The van der Waals surface area contributed by atoms with E-state index in [-0.39, 0.29) is 41.0 Å². The number of nitrogens with two attached hydrogens (primary N) is 1. The summed E-state index contributed by atoms with van der Waals surface area (Å²) >= 11 is 0. The quantitative estimate of drug-likeness (QED) is 0.495. The molecular weight excluding hydrogens is 341 g/mol. The zero-order chi connectivity index (χ0) is 8.39. The summed E-state index contributed by atoms with van der Waals surface area (Å²) in [6.45, 7) is 0. The molecule has 0 aliphatic carbocycles. The predicted octanol–water partition coefficient (Wildman–Crippen LogP) is -1.34. The van der Waals surface area contributed by atoms with E-state index in [1.807, 2.05) is 30.3 Å². The third-order valence-corrected chi connectivity index (χ3v) is 1.68. The largest absolute Gasteiger partial charge is 1.00 e. The number of hydrogen-bond acceptors (Lipinski definition) is 2. The summed E-state index contributed by atoms with van der Waals surface area (Å²) in [5, 5.41) is 0. The molecule has 2 rings (SSSR count). The van der Waals surface area contributed by atoms with Crippen LogP contribution in [0, 0.1) is 0 Å². The van der Waals surface area contributed by atoms with Crippen molar-refractivity contribution in [3.63, 3.8) is 0 Å². The maximum Gasteiger partial charge on any atom is 1.00 e. The number of anilines is 1. The third kappa shape index (κ3) is 3.01. The van der Waals surface area contributed by atoms with Crippen molar-refractivity contribution in [1.82, 2.24) is 9.97 Å². The number of aromatic amines is 1. The van der Waals surface area contributed by atoms with Crippen molar-refractivity contribution in [2.75, 3.05) is 5.73 Å². The van der Waals surface area contributed by atoms with Crippen LogP contribution in [0.15, 0.2) is 36.5 Å². The number of halogens is 1. The smallest absolute Gasteiger partial charge is 1.00 e. The molecule has 0 radical (unpaired) electrons. The Morgan fingerprint density at radius 3 is 2.29 bits per heavy atom. The molecule has 1 aromatic carbocycles. The Morgan fingerprint density at radius 2 is 1.79 bits per heavy atom. The minimum atomic E-state index is 0. The molecule has 0 spiro atoms. The van der Waals surface area contributed by atoms with Gasteiger partial charge in [0.2, 0.25) is 0 Å². The second kappa shape index (κ2) is 6.06. The average molecular weight is 350 g/mol. The van der Waals surface area contributed by atoms with Crippen molar-refractivity contribution in [1.29, 1.82) is 0 Å². The van der Waals surface area contributed by atoms with Gasteiger partial charge < -0.3 is 34.7 Å². The number of nitrogen functional groups attached to an aromatic ring is 1. The molecule has 3 nitrogen and oxygen atoms in total. The van der Waals surface area contributed by atoms with Crippen LogP contribution in [-0.4, -0.2) is 9.97 Å². The molecule has 0 amide bonds. The first-order valence-electron chi connectivity index (χ1n) is 3.72. The second-order valence-corrected chi connectivity index (χ2v) is 2.55. The number of benzene rings is 1. The van der Waals surface area contributed by atoms with E-state index in [9.17, 15) is 0 Å². The SMILES string of the molecule is Nc1ncc(-c2ccccc2)[nH]1.[Cu+].[I-]. The minimum Gasteiger partial charge on any atom is -1.00 e. The number of hydrogen-bond donors (Lipinski definition) is 2. The van der Waals surface area contributed by atoms with E-state index in [1.54, 1.807) is 6.20 Å². The van der Waals surface area contributed by atoms with Crippen LogP contribution in [0.5, 0.6) is 0 Å². The van der Waals surface area contributed by atoms with Gasteiger partial charge in [-0.25, -0.2) is 4.98 Å². The number of rotatable bonds is 1. The van der Waals surface area contributed by atoms with Gasteiger partial charge in [-0.1, -0.05) is 30.3 Å². The summed E-state index contributed by atoms with van der Waals surface area (Å²) in [7, 11) is 0. The van der Waals surface area contributed by atoms with Crippen LogP contribution in [0.2, 0.25) is 0 Å². The summed E-state index contributed by atoms with van der Waals surface area (Å²) in [5.74, 6) is 0.453. The van der Waals surface area contributed by atoms with E-state index in [0.29, 0.717) is 5.95 Å². The Hall–Kier alpha value is -0.521. The summed E-state index contributed by atoms with van der Waals surface area (Å²) in [6, 6.07) is 9.95. The van der Waals surface area contributed by atoms with Crippen LogP contribution in [0.3, 0.4) is 0 Å². The molecule has 0 saturated carbocycles. The van der Waals surface area contributed by atoms with Crippen molar-refractivity contribution in [3.05, 3.63) is 36.5 Å². The molecule has 14 heavy (non-hydrogen) atoms. The van der Waals surface area contributed by atoms with Gasteiger partial charge in [0.15, 0.2) is 5.95 Å². The van der Waals surface area contributed by atoms with Gasteiger partial charge >= 0.3 is 17.1 Å². The summed E-state index contributed by atoms with van der Waals surface area (Å²) in [6.07, 6.45) is 1.73. The standard InChI is InChI=1S/C9H9N3.Cu.HI/c10-9-11-6-8(12-9)7-4-2-1-3-5-7;;/h1-6H,(H3,10,11,12);;1H/q;+1;/p-1. The van der Waals surface area contributed by atoms with Crippen molar-refractivity contribution in [2.45, 2.75) is 0 Å². The maximum atomic E-state index is 5.45. The fourth-order valence-corrected chi connectivity index (χ4v) is 1.10. The molecule has 1 heterocycles. The summed E-state index contributed by atoms with van der Waals surface area (Å²) < 4.78 is 0. The van der Waals surface area contributed by atoms with Gasteiger partial charge in [-0.2, -0.15) is 0 Å². The Balaban J connectivity index is 0.000000845. The number of aromatic nitrogens is 2. The minimum absolute atomic E-state index is 0. The maximum absolute atomic E-state index is 5.45. The predicted molar refractivity (Wildman–Crippen MR) is 48.4 cm³/mol. The molecule has 2 aromatic rings. The van der Waals surface area contributed by atoms with Gasteiger partial charge in [0, 0.05) is 0 Å².